The number of pyridine rings is 1. The van der Waals surface area contributed by atoms with Crippen LogP contribution in [0.25, 0.3) is 10.9 Å². The molecule has 2 N–H and O–H groups in total. The largest absolute Gasteiger partial charge is 0.481 e. The van der Waals surface area contributed by atoms with E-state index < -0.39 is 5.97 Å². The summed E-state index contributed by atoms with van der Waals surface area (Å²) in [6, 6.07) is 10.0. The van der Waals surface area contributed by atoms with Crippen LogP contribution in [0, 0.1) is 5.92 Å². The van der Waals surface area contributed by atoms with Crippen molar-refractivity contribution < 1.29 is 9.90 Å². The summed E-state index contributed by atoms with van der Waals surface area (Å²) >= 11 is 0. The molecule has 4 heteroatoms. The van der Waals surface area contributed by atoms with E-state index in [0.29, 0.717) is 5.92 Å². The van der Waals surface area contributed by atoms with Gasteiger partial charge >= 0.3 is 5.97 Å². The van der Waals surface area contributed by atoms with Crippen molar-refractivity contribution >= 4 is 22.6 Å². The Bertz CT molecular complexity index is 593. The Labute approximate surface area is 125 Å². The van der Waals surface area contributed by atoms with Crippen molar-refractivity contribution in [3.8, 4) is 0 Å². The highest BCUT2D eigenvalue weighted by Gasteiger charge is 2.09. The zero-order valence-corrected chi connectivity index (χ0v) is 12.4. The summed E-state index contributed by atoms with van der Waals surface area (Å²) in [5.41, 5.74) is 2.08. The number of para-hydroxylation sites is 1. The van der Waals surface area contributed by atoms with E-state index in [1.165, 1.54) is 0 Å². The molecule has 1 atom stereocenters. The third-order valence-electron chi connectivity index (χ3n) is 3.86. The molecular weight excluding hydrogens is 264 g/mol. The van der Waals surface area contributed by atoms with Gasteiger partial charge in [-0.05, 0) is 30.9 Å². The van der Waals surface area contributed by atoms with Crippen molar-refractivity contribution in [1.29, 1.82) is 0 Å². The maximum atomic E-state index is 10.6. The molecule has 0 amide bonds. The summed E-state index contributed by atoms with van der Waals surface area (Å²) in [4.78, 5) is 15.0. The second-order valence-corrected chi connectivity index (χ2v) is 5.30. The molecule has 2 rings (SSSR count). The predicted molar refractivity (Wildman–Crippen MR) is 85.5 cm³/mol. The number of carbonyl (C=O) groups is 1. The van der Waals surface area contributed by atoms with Gasteiger partial charge in [-0.25, -0.2) is 0 Å². The molecule has 2 aromatic rings. The van der Waals surface area contributed by atoms with Gasteiger partial charge < -0.3 is 10.4 Å². The summed E-state index contributed by atoms with van der Waals surface area (Å²) in [5.74, 6) is -0.247. The normalized spacial score (nSPS) is 12.2. The number of carboxylic acid groups (broad SMARTS) is 1. The molecule has 0 bridgehead atoms. The van der Waals surface area contributed by atoms with E-state index in [4.69, 9.17) is 5.11 Å². The van der Waals surface area contributed by atoms with Crippen LogP contribution >= 0.6 is 0 Å². The van der Waals surface area contributed by atoms with Crippen LogP contribution < -0.4 is 5.32 Å². The van der Waals surface area contributed by atoms with E-state index in [-0.39, 0.29) is 6.42 Å². The van der Waals surface area contributed by atoms with Crippen LogP contribution in [0.2, 0.25) is 0 Å². The number of aromatic nitrogens is 1. The fourth-order valence-corrected chi connectivity index (χ4v) is 2.54. The van der Waals surface area contributed by atoms with E-state index in [1.54, 1.807) is 0 Å². The predicted octanol–water partition coefficient (Wildman–Crippen LogP) is 3.93. The molecule has 112 valence electrons. The first kappa shape index (κ1) is 15.3. The van der Waals surface area contributed by atoms with Crippen molar-refractivity contribution in [3.05, 3.63) is 36.5 Å². The van der Waals surface area contributed by atoms with Gasteiger partial charge in [0.05, 0.1) is 5.52 Å². The minimum absolute atomic E-state index is 0.261. The van der Waals surface area contributed by atoms with Crippen molar-refractivity contribution in [2.75, 3.05) is 11.9 Å². The number of nitrogens with zero attached hydrogens (tertiary/aromatic N) is 1. The van der Waals surface area contributed by atoms with Gasteiger partial charge in [0.25, 0.3) is 0 Å². The highest BCUT2D eigenvalue weighted by molar-refractivity contribution is 5.90. The Kier molecular flexibility index (Phi) is 5.55. The molecule has 1 aromatic heterocycles. The number of fused-ring (bicyclic) bond motifs is 1. The van der Waals surface area contributed by atoms with E-state index in [9.17, 15) is 4.79 Å². The van der Waals surface area contributed by atoms with Crippen LogP contribution in [0.1, 0.15) is 32.6 Å². The number of anilines is 1. The molecule has 0 aliphatic carbocycles. The van der Waals surface area contributed by atoms with Crippen molar-refractivity contribution in [3.63, 3.8) is 0 Å². The maximum Gasteiger partial charge on any atom is 0.303 e. The molecule has 1 aromatic carbocycles. The van der Waals surface area contributed by atoms with Crippen molar-refractivity contribution in [2.45, 2.75) is 32.6 Å². The Hall–Kier alpha value is -2.10. The van der Waals surface area contributed by atoms with Gasteiger partial charge in [0, 0.05) is 30.2 Å². The molecule has 0 saturated heterocycles. The van der Waals surface area contributed by atoms with Gasteiger partial charge in [0.15, 0.2) is 0 Å². The Morgan fingerprint density at radius 1 is 1.29 bits per heavy atom. The summed E-state index contributed by atoms with van der Waals surface area (Å²) < 4.78 is 0. The summed E-state index contributed by atoms with van der Waals surface area (Å²) in [5, 5.41) is 13.3. The topological polar surface area (TPSA) is 62.2 Å². The van der Waals surface area contributed by atoms with Gasteiger partial charge in [-0.3, -0.25) is 9.78 Å². The lowest BCUT2D eigenvalue weighted by molar-refractivity contribution is -0.137. The zero-order chi connectivity index (χ0) is 15.1. The lowest BCUT2D eigenvalue weighted by atomic mass is 9.96. The highest BCUT2D eigenvalue weighted by Crippen LogP contribution is 2.22. The minimum atomic E-state index is -0.707. The first-order chi connectivity index (χ1) is 10.2. The molecule has 21 heavy (non-hydrogen) atoms. The second-order valence-electron chi connectivity index (χ2n) is 5.30. The Balaban J connectivity index is 1.91. The van der Waals surface area contributed by atoms with Gasteiger partial charge in [0.1, 0.15) is 0 Å². The van der Waals surface area contributed by atoms with Crippen LogP contribution in [0.4, 0.5) is 5.69 Å². The Morgan fingerprint density at radius 2 is 2.10 bits per heavy atom. The number of rotatable bonds is 8. The number of aliphatic carboxylic acids is 1. The second kappa shape index (κ2) is 7.62. The Morgan fingerprint density at radius 3 is 2.86 bits per heavy atom. The average Bonchev–Trinajstić information content (AvgIpc) is 2.50. The first-order valence-electron chi connectivity index (χ1n) is 7.50. The maximum absolute atomic E-state index is 10.6. The van der Waals surface area contributed by atoms with Crippen LogP contribution in [-0.4, -0.2) is 22.6 Å². The molecule has 0 spiro atoms. The third kappa shape index (κ3) is 4.45. The molecule has 0 fully saturated rings. The van der Waals surface area contributed by atoms with Crippen LogP contribution in [0.5, 0.6) is 0 Å². The quantitative estimate of drug-likeness (QED) is 0.772. The fraction of sp³-hybridized carbons (Fsp3) is 0.412. The zero-order valence-electron chi connectivity index (χ0n) is 12.4. The molecular formula is C17H22N2O2. The number of nitrogens with one attached hydrogen (secondary N) is 1. The monoisotopic (exact) mass is 286 g/mol. The van der Waals surface area contributed by atoms with Crippen molar-refractivity contribution in [1.82, 2.24) is 4.98 Å². The number of hydrogen-bond donors (Lipinski definition) is 2. The molecule has 1 unspecified atom stereocenters. The van der Waals surface area contributed by atoms with Gasteiger partial charge in [-0.2, -0.15) is 0 Å². The van der Waals surface area contributed by atoms with Gasteiger partial charge in [-0.15, -0.1) is 0 Å². The number of carboxylic acids is 1. The molecule has 0 aliphatic rings. The summed E-state index contributed by atoms with van der Waals surface area (Å²) in [6.07, 6.45) is 4.83. The average molecular weight is 286 g/mol. The summed E-state index contributed by atoms with van der Waals surface area (Å²) in [6.45, 7) is 2.97. The van der Waals surface area contributed by atoms with E-state index in [2.05, 4.69) is 23.3 Å². The van der Waals surface area contributed by atoms with Crippen LogP contribution in [-0.2, 0) is 4.79 Å². The molecule has 0 aliphatic heterocycles. The van der Waals surface area contributed by atoms with E-state index >= 15 is 0 Å². The lowest BCUT2D eigenvalue weighted by Gasteiger charge is -2.15. The molecule has 1 heterocycles. The minimum Gasteiger partial charge on any atom is -0.481 e. The van der Waals surface area contributed by atoms with Crippen LogP contribution in [0.15, 0.2) is 36.5 Å². The molecule has 0 radical (unpaired) electrons. The lowest BCUT2D eigenvalue weighted by Crippen LogP contribution is -2.10. The van der Waals surface area contributed by atoms with E-state index in [0.717, 1.165) is 42.4 Å². The smallest absolute Gasteiger partial charge is 0.303 e. The standard InChI is InChI=1S/C17H22N2O2/c1-2-13(7-8-17(20)21)9-11-18-16-10-12-19-15-6-4-3-5-14(15)16/h3-6,10,12-13H,2,7-9,11H2,1H3,(H,18,19)(H,20,21). The van der Waals surface area contributed by atoms with Gasteiger partial charge in [0.2, 0.25) is 0 Å². The first-order valence-corrected chi connectivity index (χ1v) is 7.50. The third-order valence-corrected chi connectivity index (χ3v) is 3.86. The fourth-order valence-electron chi connectivity index (χ4n) is 2.54. The molecule has 4 nitrogen and oxygen atoms in total. The van der Waals surface area contributed by atoms with E-state index in [1.807, 2.05) is 30.5 Å². The van der Waals surface area contributed by atoms with Gasteiger partial charge in [-0.1, -0.05) is 31.5 Å². The highest BCUT2D eigenvalue weighted by atomic mass is 16.4. The number of benzene rings is 1. The SMILES string of the molecule is CCC(CCNc1ccnc2ccccc12)CCC(=O)O. The summed E-state index contributed by atoms with van der Waals surface area (Å²) in [7, 11) is 0. The molecule has 0 saturated carbocycles. The number of hydrogen-bond acceptors (Lipinski definition) is 3. The van der Waals surface area contributed by atoms with Crippen LogP contribution in [0.3, 0.4) is 0 Å². The van der Waals surface area contributed by atoms with Crippen molar-refractivity contribution in [2.24, 2.45) is 5.92 Å².